The number of amides is 1. The highest BCUT2D eigenvalue weighted by atomic mass is 16.2. The Kier molecular flexibility index (Phi) is 3.44. The molecule has 0 aliphatic heterocycles. The van der Waals surface area contributed by atoms with Crippen LogP contribution in [0.2, 0.25) is 0 Å². The first-order valence-electron chi connectivity index (χ1n) is 5.57. The second kappa shape index (κ2) is 5.19. The van der Waals surface area contributed by atoms with E-state index in [2.05, 4.69) is 16.3 Å². The summed E-state index contributed by atoms with van der Waals surface area (Å²) in [5.74, 6) is 2.40. The van der Waals surface area contributed by atoms with Gasteiger partial charge in [0, 0.05) is 23.6 Å². The number of terminal acetylenes is 1. The molecule has 1 N–H and O–H groups in total. The molecule has 0 bridgehead atoms. The predicted octanol–water partition coefficient (Wildman–Crippen LogP) is 2.06. The zero-order valence-corrected chi connectivity index (χ0v) is 10.00. The average Bonchev–Trinajstić information content (AvgIpc) is 2.92. The van der Waals surface area contributed by atoms with Gasteiger partial charge in [-0.25, -0.2) is 0 Å². The maximum Gasteiger partial charge on any atom is 0.248 e. The summed E-state index contributed by atoms with van der Waals surface area (Å²) in [5.41, 5.74) is 1.42. The van der Waals surface area contributed by atoms with Crippen LogP contribution in [-0.4, -0.2) is 15.7 Å². The molecule has 1 aromatic carbocycles. The molecule has 0 saturated heterocycles. The van der Waals surface area contributed by atoms with E-state index in [1.807, 2.05) is 12.1 Å². The number of anilines is 1. The van der Waals surface area contributed by atoms with Gasteiger partial charge in [0.25, 0.3) is 0 Å². The molecule has 2 rings (SSSR count). The Balaban J connectivity index is 2.09. The van der Waals surface area contributed by atoms with Crippen LogP contribution in [0.1, 0.15) is 18.5 Å². The van der Waals surface area contributed by atoms with Gasteiger partial charge < -0.3 is 5.32 Å². The van der Waals surface area contributed by atoms with E-state index < -0.39 is 0 Å². The number of benzene rings is 1. The first kappa shape index (κ1) is 11.9. The van der Waals surface area contributed by atoms with Gasteiger partial charge in [-0.05, 0) is 31.2 Å². The number of aromatic nitrogens is 2. The van der Waals surface area contributed by atoms with E-state index in [1.165, 1.54) is 0 Å². The summed E-state index contributed by atoms with van der Waals surface area (Å²) in [6, 6.07) is 8.59. The fourth-order valence-corrected chi connectivity index (χ4v) is 1.56. The van der Waals surface area contributed by atoms with Crippen molar-refractivity contribution < 1.29 is 4.79 Å². The van der Waals surface area contributed by atoms with Crippen molar-refractivity contribution in [1.29, 1.82) is 0 Å². The van der Waals surface area contributed by atoms with Crippen LogP contribution in [0.5, 0.6) is 0 Å². The van der Waals surface area contributed by atoms with Gasteiger partial charge >= 0.3 is 0 Å². The van der Waals surface area contributed by atoms with E-state index in [9.17, 15) is 4.79 Å². The van der Waals surface area contributed by atoms with Crippen molar-refractivity contribution >= 4 is 11.6 Å². The number of carbonyl (C=O) groups is 1. The molecule has 2 aromatic rings. The van der Waals surface area contributed by atoms with Crippen molar-refractivity contribution in [2.45, 2.75) is 13.0 Å². The van der Waals surface area contributed by atoms with Crippen molar-refractivity contribution in [3.8, 4) is 12.3 Å². The minimum Gasteiger partial charge on any atom is -0.324 e. The zero-order valence-electron chi connectivity index (χ0n) is 10.00. The molecule has 1 unspecified atom stereocenters. The molecule has 0 spiro atoms. The Bertz CT molecular complexity index is 581. The molecule has 0 aliphatic rings. The lowest BCUT2D eigenvalue weighted by Crippen LogP contribution is -2.23. The summed E-state index contributed by atoms with van der Waals surface area (Å²) >= 11 is 0. The molecular formula is C14H13N3O. The zero-order chi connectivity index (χ0) is 13.0. The summed E-state index contributed by atoms with van der Waals surface area (Å²) in [7, 11) is 0. The SMILES string of the molecule is C#Cc1cccc(NC(=O)C(C)n2cccn2)c1. The van der Waals surface area contributed by atoms with Crippen molar-refractivity contribution in [3.63, 3.8) is 0 Å². The molecule has 0 aliphatic carbocycles. The van der Waals surface area contributed by atoms with Gasteiger partial charge in [-0.3, -0.25) is 9.48 Å². The van der Waals surface area contributed by atoms with Crippen LogP contribution in [0.25, 0.3) is 0 Å². The lowest BCUT2D eigenvalue weighted by Gasteiger charge is -2.12. The first-order valence-corrected chi connectivity index (χ1v) is 5.57. The standard InChI is InChI=1S/C14H13N3O/c1-3-12-6-4-7-13(10-12)16-14(18)11(2)17-9-5-8-15-17/h1,4-11H,2H3,(H,16,18). The molecule has 0 radical (unpaired) electrons. The van der Waals surface area contributed by atoms with Crippen LogP contribution in [0.4, 0.5) is 5.69 Å². The molecule has 4 nitrogen and oxygen atoms in total. The normalized spacial score (nSPS) is 11.6. The Morgan fingerprint density at radius 2 is 2.33 bits per heavy atom. The van der Waals surface area contributed by atoms with Crippen molar-refractivity contribution in [2.75, 3.05) is 5.32 Å². The summed E-state index contributed by atoms with van der Waals surface area (Å²) in [6.07, 6.45) is 8.70. The molecule has 1 heterocycles. The van der Waals surface area contributed by atoms with Crippen LogP contribution in [0, 0.1) is 12.3 Å². The van der Waals surface area contributed by atoms with Crippen LogP contribution in [-0.2, 0) is 4.79 Å². The van der Waals surface area contributed by atoms with Crippen LogP contribution >= 0.6 is 0 Å². The summed E-state index contributed by atoms with van der Waals surface area (Å²) < 4.78 is 1.60. The largest absolute Gasteiger partial charge is 0.324 e. The summed E-state index contributed by atoms with van der Waals surface area (Å²) in [6.45, 7) is 1.79. The molecule has 0 fully saturated rings. The summed E-state index contributed by atoms with van der Waals surface area (Å²) in [5, 5.41) is 6.85. The van der Waals surface area contributed by atoms with E-state index in [0.717, 1.165) is 5.56 Å². The van der Waals surface area contributed by atoms with Crippen molar-refractivity contribution in [3.05, 3.63) is 48.3 Å². The number of carbonyl (C=O) groups excluding carboxylic acids is 1. The Hall–Kier alpha value is -2.54. The van der Waals surface area contributed by atoms with E-state index in [-0.39, 0.29) is 11.9 Å². The molecule has 1 aromatic heterocycles. The molecule has 4 heteroatoms. The number of hydrogen-bond acceptors (Lipinski definition) is 2. The highest BCUT2D eigenvalue weighted by molar-refractivity contribution is 5.93. The van der Waals surface area contributed by atoms with E-state index in [1.54, 1.807) is 42.2 Å². The van der Waals surface area contributed by atoms with Crippen molar-refractivity contribution in [2.24, 2.45) is 0 Å². The number of nitrogens with one attached hydrogen (secondary N) is 1. The molecule has 1 amide bonds. The maximum absolute atomic E-state index is 12.0. The van der Waals surface area contributed by atoms with Gasteiger partial charge in [0.05, 0.1) is 0 Å². The number of hydrogen-bond donors (Lipinski definition) is 1. The van der Waals surface area contributed by atoms with Crippen molar-refractivity contribution in [1.82, 2.24) is 9.78 Å². The number of nitrogens with zero attached hydrogens (tertiary/aromatic N) is 2. The second-order valence-electron chi connectivity index (χ2n) is 3.88. The smallest absolute Gasteiger partial charge is 0.248 e. The fourth-order valence-electron chi connectivity index (χ4n) is 1.56. The van der Waals surface area contributed by atoms with Crippen LogP contribution < -0.4 is 5.32 Å². The van der Waals surface area contributed by atoms with Gasteiger partial charge in [0.1, 0.15) is 6.04 Å². The minimum atomic E-state index is -0.366. The third-order valence-electron chi connectivity index (χ3n) is 2.60. The average molecular weight is 239 g/mol. The number of rotatable bonds is 3. The molecular weight excluding hydrogens is 226 g/mol. The highest BCUT2D eigenvalue weighted by Crippen LogP contribution is 2.12. The third kappa shape index (κ3) is 2.58. The highest BCUT2D eigenvalue weighted by Gasteiger charge is 2.14. The van der Waals surface area contributed by atoms with E-state index in [4.69, 9.17) is 6.42 Å². The van der Waals surface area contributed by atoms with Crippen LogP contribution in [0.15, 0.2) is 42.7 Å². The minimum absolute atomic E-state index is 0.132. The van der Waals surface area contributed by atoms with E-state index >= 15 is 0 Å². The van der Waals surface area contributed by atoms with Gasteiger partial charge in [0.15, 0.2) is 0 Å². The molecule has 1 atom stereocenters. The Labute approximate surface area is 106 Å². The fraction of sp³-hybridized carbons (Fsp3) is 0.143. The monoisotopic (exact) mass is 239 g/mol. The van der Waals surface area contributed by atoms with Gasteiger partial charge in [-0.1, -0.05) is 12.0 Å². The predicted molar refractivity (Wildman–Crippen MR) is 69.9 cm³/mol. The quantitative estimate of drug-likeness (QED) is 0.833. The van der Waals surface area contributed by atoms with Crippen LogP contribution in [0.3, 0.4) is 0 Å². The maximum atomic E-state index is 12.0. The lowest BCUT2D eigenvalue weighted by atomic mass is 10.2. The van der Waals surface area contributed by atoms with Gasteiger partial charge in [-0.15, -0.1) is 6.42 Å². The molecule has 90 valence electrons. The Morgan fingerprint density at radius 3 is 3.00 bits per heavy atom. The summed E-state index contributed by atoms with van der Waals surface area (Å²) in [4.78, 5) is 12.0. The topological polar surface area (TPSA) is 46.9 Å². The van der Waals surface area contributed by atoms with E-state index in [0.29, 0.717) is 5.69 Å². The lowest BCUT2D eigenvalue weighted by molar-refractivity contribution is -0.119. The molecule has 0 saturated carbocycles. The third-order valence-corrected chi connectivity index (χ3v) is 2.60. The second-order valence-corrected chi connectivity index (χ2v) is 3.88. The molecule has 18 heavy (non-hydrogen) atoms. The van der Waals surface area contributed by atoms with Gasteiger partial charge in [-0.2, -0.15) is 5.10 Å². The Morgan fingerprint density at radius 1 is 1.50 bits per heavy atom. The van der Waals surface area contributed by atoms with Gasteiger partial charge in [0.2, 0.25) is 5.91 Å². The first-order chi connectivity index (χ1) is 8.70.